The van der Waals surface area contributed by atoms with E-state index in [-0.39, 0.29) is 13.2 Å². The van der Waals surface area contributed by atoms with E-state index in [2.05, 4.69) is 0 Å². The molecular weight excluding hydrogens is 504 g/mol. The standard InChI is InChI=1S/C34H34O6/c35-34-33(39-24-29-19-11-4-12-20-29)32(38-23-28-17-9-3-10-18-28)31(37-22-27-15-7-2-8-16-27)30(40-34)25-36-21-26-13-5-1-6-14-26/h1-20,30-33H,21-25H2/t30?,31-,32?,33-/m1/s1. The van der Waals surface area contributed by atoms with Crippen molar-refractivity contribution >= 4 is 5.97 Å². The van der Waals surface area contributed by atoms with Gasteiger partial charge in [-0.2, -0.15) is 0 Å². The molecule has 1 heterocycles. The Morgan fingerprint density at radius 3 is 1.38 bits per heavy atom. The maximum Gasteiger partial charge on any atom is 0.338 e. The molecule has 0 N–H and O–H groups in total. The van der Waals surface area contributed by atoms with Crippen LogP contribution in [-0.2, 0) is 54.9 Å². The third-order valence-corrected chi connectivity index (χ3v) is 6.73. The minimum atomic E-state index is -0.963. The summed E-state index contributed by atoms with van der Waals surface area (Å²) < 4.78 is 31.0. The van der Waals surface area contributed by atoms with Crippen LogP contribution in [0.5, 0.6) is 0 Å². The van der Waals surface area contributed by atoms with Gasteiger partial charge >= 0.3 is 5.97 Å². The van der Waals surface area contributed by atoms with Gasteiger partial charge in [-0.05, 0) is 22.3 Å². The number of ether oxygens (including phenoxy) is 5. The average Bonchev–Trinajstić information content (AvgIpc) is 3.01. The highest BCUT2D eigenvalue weighted by Gasteiger charge is 2.48. The van der Waals surface area contributed by atoms with Crippen LogP contribution in [0.3, 0.4) is 0 Å². The van der Waals surface area contributed by atoms with Crippen molar-refractivity contribution in [3.8, 4) is 0 Å². The first-order chi connectivity index (χ1) is 19.8. The minimum Gasteiger partial charge on any atom is -0.455 e. The van der Waals surface area contributed by atoms with Crippen molar-refractivity contribution < 1.29 is 28.5 Å². The molecule has 0 aliphatic carbocycles. The van der Waals surface area contributed by atoms with Crippen molar-refractivity contribution in [3.63, 3.8) is 0 Å². The molecule has 0 saturated carbocycles. The number of benzene rings is 4. The van der Waals surface area contributed by atoms with Gasteiger partial charge < -0.3 is 23.7 Å². The summed E-state index contributed by atoms with van der Waals surface area (Å²) in [4.78, 5) is 13.4. The second kappa shape index (κ2) is 14.5. The topological polar surface area (TPSA) is 63.2 Å². The predicted octanol–water partition coefficient (Wildman–Crippen LogP) is 5.88. The first kappa shape index (κ1) is 27.7. The minimum absolute atomic E-state index is 0.163. The van der Waals surface area contributed by atoms with Gasteiger partial charge in [0.25, 0.3) is 0 Å². The van der Waals surface area contributed by atoms with Gasteiger partial charge in [0.15, 0.2) is 12.2 Å². The lowest BCUT2D eigenvalue weighted by atomic mass is 9.98. The van der Waals surface area contributed by atoms with Crippen molar-refractivity contribution in [2.45, 2.75) is 50.8 Å². The maximum absolute atomic E-state index is 13.4. The number of cyclic esters (lactones) is 1. The summed E-state index contributed by atoms with van der Waals surface area (Å²) >= 11 is 0. The highest BCUT2D eigenvalue weighted by Crippen LogP contribution is 2.28. The van der Waals surface area contributed by atoms with E-state index in [1.807, 2.05) is 121 Å². The van der Waals surface area contributed by atoms with E-state index in [4.69, 9.17) is 23.7 Å². The van der Waals surface area contributed by atoms with Crippen LogP contribution in [0.15, 0.2) is 121 Å². The lowest BCUT2D eigenvalue weighted by Crippen LogP contribution is -2.59. The van der Waals surface area contributed by atoms with Crippen LogP contribution in [0, 0.1) is 0 Å². The molecule has 1 aliphatic heterocycles. The average molecular weight is 539 g/mol. The van der Waals surface area contributed by atoms with Crippen LogP contribution in [0.25, 0.3) is 0 Å². The highest BCUT2D eigenvalue weighted by atomic mass is 16.6. The van der Waals surface area contributed by atoms with Crippen molar-refractivity contribution in [1.82, 2.24) is 0 Å². The molecule has 4 aromatic carbocycles. The Morgan fingerprint density at radius 1 is 0.500 bits per heavy atom. The molecule has 1 fully saturated rings. The van der Waals surface area contributed by atoms with E-state index >= 15 is 0 Å². The lowest BCUT2D eigenvalue weighted by Gasteiger charge is -2.41. The second-order valence-electron chi connectivity index (χ2n) is 9.72. The van der Waals surface area contributed by atoms with Crippen LogP contribution < -0.4 is 0 Å². The van der Waals surface area contributed by atoms with Gasteiger partial charge in [-0.1, -0.05) is 121 Å². The molecule has 4 atom stereocenters. The number of hydrogen-bond acceptors (Lipinski definition) is 6. The summed E-state index contributed by atoms with van der Waals surface area (Å²) in [5, 5.41) is 0. The molecule has 0 spiro atoms. The fourth-order valence-corrected chi connectivity index (χ4v) is 4.64. The molecule has 6 nitrogen and oxygen atoms in total. The molecule has 1 aliphatic rings. The van der Waals surface area contributed by atoms with Gasteiger partial charge in [-0.15, -0.1) is 0 Å². The zero-order chi connectivity index (χ0) is 27.4. The van der Waals surface area contributed by atoms with E-state index in [0.29, 0.717) is 19.8 Å². The summed E-state index contributed by atoms with van der Waals surface area (Å²) in [6.07, 6.45) is -2.95. The van der Waals surface area contributed by atoms with Crippen molar-refractivity contribution in [2.24, 2.45) is 0 Å². The smallest absolute Gasteiger partial charge is 0.338 e. The Hall–Kier alpha value is -3.81. The van der Waals surface area contributed by atoms with Crippen LogP contribution in [0.2, 0.25) is 0 Å². The van der Waals surface area contributed by atoms with Crippen LogP contribution in [0.4, 0.5) is 0 Å². The molecule has 0 aromatic heterocycles. The Kier molecular flexibility index (Phi) is 10.1. The zero-order valence-electron chi connectivity index (χ0n) is 22.3. The van der Waals surface area contributed by atoms with Gasteiger partial charge in [0, 0.05) is 0 Å². The molecule has 40 heavy (non-hydrogen) atoms. The summed E-state index contributed by atoms with van der Waals surface area (Å²) in [5.74, 6) is -0.484. The largest absolute Gasteiger partial charge is 0.455 e. The number of hydrogen-bond donors (Lipinski definition) is 0. The molecule has 0 radical (unpaired) electrons. The van der Waals surface area contributed by atoms with Gasteiger partial charge in [0.2, 0.25) is 0 Å². The Balaban J connectivity index is 1.36. The van der Waals surface area contributed by atoms with Crippen LogP contribution in [-0.4, -0.2) is 37.0 Å². The first-order valence-electron chi connectivity index (χ1n) is 13.5. The third-order valence-electron chi connectivity index (χ3n) is 6.73. The van der Waals surface area contributed by atoms with Crippen LogP contribution >= 0.6 is 0 Å². The lowest BCUT2D eigenvalue weighted by molar-refractivity contribution is -0.239. The van der Waals surface area contributed by atoms with Gasteiger partial charge in [0.1, 0.15) is 12.2 Å². The molecule has 1 saturated heterocycles. The predicted molar refractivity (Wildman–Crippen MR) is 151 cm³/mol. The van der Waals surface area contributed by atoms with E-state index < -0.39 is 30.4 Å². The van der Waals surface area contributed by atoms with Gasteiger partial charge in [-0.25, -0.2) is 4.79 Å². The van der Waals surface area contributed by atoms with Crippen molar-refractivity contribution in [1.29, 1.82) is 0 Å². The summed E-state index contributed by atoms with van der Waals surface area (Å²) in [7, 11) is 0. The van der Waals surface area contributed by atoms with E-state index in [0.717, 1.165) is 22.3 Å². The van der Waals surface area contributed by atoms with Crippen LogP contribution in [0.1, 0.15) is 22.3 Å². The first-order valence-corrected chi connectivity index (χ1v) is 13.5. The Bertz CT molecular complexity index is 1280. The zero-order valence-corrected chi connectivity index (χ0v) is 22.3. The maximum atomic E-state index is 13.4. The second-order valence-corrected chi connectivity index (χ2v) is 9.72. The summed E-state index contributed by atoms with van der Waals surface area (Å²) in [6, 6.07) is 39.4. The van der Waals surface area contributed by atoms with E-state index in [1.54, 1.807) is 0 Å². The quantitative estimate of drug-likeness (QED) is 0.198. The normalized spacial score (nSPS) is 20.6. The molecule has 2 unspecified atom stereocenters. The van der Waals surface area contributed by atoms with E-state index in [1.165, 1.54) is 0 Å². The van der Waals surface area contributed by atoms with Crippen molar-refractivity contribution in [3.05, 3.63) is 144 Å². The fourth-order valence-electron chi connectivity index (χ4n) is 4.64. The number of rotatable bonds is 13. The molecule has 4 aromatic rings. The molecular formula is C34H34O6. The molecule has 0 bridgehead atoms. The summed E-state index contributed by atoms with van der Waals surface area (Å²) in [6.45, 7) is 1.43. The fraction of sp³-hybridized carbons (Fsp3) is 0.265. The monoisotopic (exact) mass is 538 g/mol. The summed E-state index contributed by atoms with van der Waals surface area (Å²) in [5.41, 5.74) is 3.98. The molecule has 0 amide bonds. The van der Waals surface area contributed by atoms with Gasteiger partial charge in [-0.3, -0.25) is 0 Å². The highest BCUT2D eigenvalue weighted by molar-refractivity contribution is 5.77. The van der Waals surface area contributed by atoms with Crippen molar-refractivity contribution in [2.75, 3.05) is 6.61 Å². The molecule has 6 heteroatoms. The Labute approximate surface area is 235 Å². The Morgan fingerprint density at radius 2 is 0.900 bits per heavy atom. The SMILES string of the molecule is O=C1OC(COCc2ccccc2)[C@@H](OCc2ccccc2)C(OCc2ccccc2)[C@H]1OCc1ccccc1. The third kappa shape index (κ3) is 7.87. The molecule has 5 rings (SSSR count). The number of carbonyl (C=O) groups is 1. The van der Waals surface area contributed by atoms with E-state index in [9.17, 15) is 4.79 Å². The number of esters is 1. The van der Waals surface area contributed by atoms with Gasteiger partial charge in [0.05, 0.1) is 33.0 Å². The molecule has 206 valence electrons. The number of carbonyl (C=O) groups excluding carboxylic acids is 1.